The van der Waals surface area contributed by atoms with Crippen LogP contribution < -0.4 is 11.1 Å². The number of hydrogen-bond acceptors (Lipinski definition) is 7. The van der Waals surface area contributed by atoms with Crippen LogP contribution in [0.1, 0.15) is 0 Å². The van der Waals surface area contributed by atoms with E-state index in [4.69, 9.17) is 5.73 Å². The van der Waals surface area contributed by atoms with E-state index < -0.39 is 15.7 Å². The molecule has 0 atom stereocenters. The molecule has 28 heavy (non-hydrogen) atoms. The summed E-state index contributed by atoms with van der Waals surface area (Å²) in [5.41, 5.74) is 6.26. The molecule has 3 aromatic rings. The van der Waals surface area contributed by atoms with Crippen molar-refractivity contribution in [3.63, 3.8) is 0 Å². The predicted molar refractivity (Wildman–Crippen MR) is 104 cm³/mol. The van der Waals surface area contributed by atoms with Gasteiger partial charge in [-0.25, -0.2) is 22.8 Å². The third kappa shape index (κ3) is 4.65. The van der Waals surface area contributed by atoms with Gasteiger partial charge in [-0.3, -0.25) is 4.79 Å². The Morgan fingerprint density at radius 3 is 2.43 bits per heavy atom. The Morgan fingerprint density at radius 1 is 1.11 bits per heavy atom. The number of aromatic nitrogens is 2. The maximum absolute atomic E-state index is 12.9. The summed E-state index contributed by atoms with van der Waals surface area (Å²) >= 11 is 0.997. The molecular formula is C18H15FN4O3S2. The number of anilines is 2. The Morgan fingerprint density at radius 2 is 1.79 bits per heavy atom. The molecule has 0 bridgehead atoms. The molecule has 0 fully saturated rings. The smallest absolute Gasteiger partial charge is 0.234 e. The third-order valence-corrected chi connectivity index (χ3v) is 6.21. The summed E-state index contributed by atoms with van der Waals surface area (Å²) in [4.78, 5) is 19.8. The van der Waals surface area contributed by atoms with E-state index in [9.17, 15) is 17.6 Å². The number of halogens is 1. The fourth-order valence-electron chi connectivity index (χ4n) is 2.23. The van der Waals surface area contributed by atoms with Crippen molar-refractivity contribution in [3.8, 4) is 0 Å². The van der Waals surface area contributed by atoms with E-state index in [2.05, 4.69) is 15.3 Å². The summed E-state index contributed by atoms with van der Waals surface area (Å²) < 4.78 is 38.1. The predicted octanol–water partition coefficient (Wildman–Crippen LogP) is 2.76. The van der Waals surface area contributed by atoms with Crippen LogP contribution in [-0.4, -0.2) is 30.0 Å². The average molecular weight is 418 g/mol. The molecule has 0 aliphatic carbocycles. The molecule has 144 valence electrons. The zero-order valence-corrected chi connectivity index (χ0v) is 16.0. The Hall–Kier alpha value is -2.98. The van der Waals surface area contributed by atoms with Gasteiger partial charge in [0.05, 0.1) is 16.8 Å². The zero-order valence-electron chi connectivity index (χ0n) is 14.4. The second-order valence-electron chi connectivity index (χ2n) is 5.56. The minimum atomic E-state index is -3.83. The highest BCUT2D eigenvalue weighted by molar-refractivity contribution is 7.99. The number of carbonyl (C=O) groups is 1. The van der Waals surface area contributed by atoms with E-state index in [1.807, 2.05) is 0 Å². The van der Waals surface area contributed by atoms with Gasteiger partial charge in [0, 0.05) is 5.69 Å². The molecule has 0 spiro atoms. The number of rotatable bonds is 6. The number of nitrogens with zero attached hydrogens (tertiary/aromatic N) is 2. The SMILES string of the molecule is Nc1nc(SCC(=O)Nc2ccc(F)cc2)ncc1S(=O)(=O)c1ccccc1. The van der Waals surface area contributed by atoms with Crippen molar-refractivity contribution in [2.75, 3.05) is 16.8 Å². The van der Waals surface area contributed by atoms with Gasteiger partial charge in [0.1, 0.15) is 16.5 Å². The largest absolute Gasteiger partial charge is 0.382 e. The lowest BCUT2D eigenvalue weighted by Crippen LogP contribution is -2.14. The summed E-state index contributed by atoms with van der Waals surface area (Å²) in [5, 5.41) is 2.77. The maximum Gasteiger partial charge on any atom is 0.234 e. The molecule has 7 nitrogen and oxygen atoms in total. The van der Waals surface area contributed by atoms with Gasteiger partial charge in [-0.2, -0.15) is 0 Å². The standard InChI is InChI=1S/C18H15FN4O3S2/c19-12-6-8-13(9-7-12)22-16(24)11-27-18-21-10-15(17(20)23-18)28(25,26)14-4-2-1-3-5-14/h1-10H,11H2,(H,22,24)(H2,20,21,23). The topological polar surface area (TPSA) is 115 Å². The maximum atomic E-state index is 12.9. The van der Waals surface area contributed by atoms with Crippen LogP contribution in [0.5, 0.6) is 0 Å². The normalized spacial score (nSPS) is 11.2. The Bertz CT molecular complexity index is 1090. The van der Waals surface area contributed by atoms with Gasteiger partial charge in [-0.1, -0.05) is 30.0 Å². The minimum Gasteiger partial charge on any atom is -0.382 e. The number of thioether (sulfide) groups is 1. The van der Waals surface area contributed by atoms with Crippen LogP contribution >= 0.6 is 11.8 Å². The van der Waals surface area contributed by atoms with Gasteiger partial charge in [-0.05, 0) is 36.4 Å². The Balaban J connectivity index is 1.67. The van der Waals surface area contributed by atoms with Crippen LogP contribution in [0.25, 0.3) is 0 Å². The summed E-state index contributed by atoms with van der Waals surface area (Å²) in [6, 6.07) is 13.2. The number of nitrogens with one attached hydrogen (secondary N) is 1. The van der Waals surface area contributed by atoms with Gasteiger partial charge < -0.3 is 11.1 Å². The Labute approximate surface area is 165 Å². The van der Waals surface area contributed by atoms with Crippen molar-refractivity contribution in [1.29, 1.82) is 0 Å². The van der Waals surface area contributed by atoms with Crippen molar-refractivity contribution < 1.29 is 17.6 Å². The first kappa shape index (κ1) is 19.8. The third-order valence-electron chi connectivity index (χ3n) is 3.56. The van der Waals surface area contributed by atoms with Crippen LogP contribution in [0.2, 0.25) is 0 Å². The van der Waals surface area contributed by atoms with Crippen LogP contribution in [0.4, 0.5) is 15.9 Å². The first-order valence-electron chi connectivity index (χ1n) is 7.97. The first-order valence-corrected chi connectivity index (χ1v) is 10.4. The monoisotopic (exact) mass is 418 g/mol. The molecule has 2 aromatic carbocycles. The molecule has 10 heteroatoms. The van der Waals surface area contributed by atoms with Gasteiger partial charge in [0.2, 0.25) is 15.7 Å². The highest BCUT2D eigenvalue weighted by atomic mass is 32.2. The van der Waals surface area contributed by atoms with Crippen LogP contribution in [-0.2, 0) is 14.6 Å². The molecular weight excluding hydrogens is 403 g/mol. The number of nitrogens with two attached hydrogens (primary N) is 1. The quantitative estimate of drug-likeness (QED) is 0.467. The highest BCUT2D eigenvalue weighted by Gasteiger charge is 2.22. The second kappa shape index (κ2) is 8.36. The fourth-order valence-corrected chi connectivity index (χ4v) is 4.13. The van der Waals surface area contributed by atoms with Crippen molar-refractivity contribution >= 4 is 39.0 Å². The van der Waals surface area contributed by atoms with E-state index >= 15 is 0 Å². The van der Waals surface area contributed by atoms with E-state index in [0.717, 1.165) is 18.0 Å². The van der Waals surface area contributed by atoms with Gasteiger partial charge in [-0.15, -0.1) is 0 Å². The molecule has 1 aromatic heterocycles. The van der Waals surface area contributed by atoms with Gasteiger partial charge in [0.25, 0.3) is 0 Å². The molecule has 3 N–H and O–H groups in total. The lowest BCUT2D eigenvalue weighted by Gasteiger charge is -2.08. The molecule has 1 heterocycles. The highest BCUT2D eigenvalue weighted by Crippen LogP contribution is 2.25. The van der Waals surface area contributed by atoms with Crippen LogP contribution in [0, 0.1) is 5.82 Å². The second-order valence-corrected chi connectivity index (χ2v) is 8.42. The van der Waals surface area contributed by atoms with E-state index in [1.54, 1.807) is 18.2 Å². The number of amides is 1. The number of hydrogen-bond donors (Lipinski definition) is 2. The van der Waals surface area contributed by atoms with Gasteiger partial charge in [0.15, 0.2) is 5.16 Å². The average Bonchev–Trinajstić information content (AvgIpc) is 2.69. The lowest BCUT2D eigenvalue weighted by atomic mass is 10.3. The zero-order chi connectivity index (χ0) is 20.1. The number of sulfone groups is 1. The molecule has 0 aliphatic rings. The van der Waals surface area contributed by atoms with E-state index in [0.29, 0.717) is 5.69 Å². The molecule has 0 radical (unpaired) electrons. The summed E-state index contributed by atoms with van der Waals surface area (Å²) in [5.74, 6) is -0.969. The fraction of sp³-hybridized carbons (Fsp3) is 0.0556. The molecule has 3 rings (SSSR count). The summed E-state index contributed by atoms with van der Waals surface area (Å²) in [7, 11) is -3.83. The van der Waals surface area contributed by atoms with Crippen molar-refractivity contribution in [3.05, 3.63) is 66.6 Å². The first-order chi connectivity index (χ1) is 13.4. The molecule has 0 unspecified atom stereocenters. The van der Waals surface area contributed by atoms with E-state index in [1.165, 1.54) is 36.4 Å². The molecule has 1 amide bonds. The number of nitrogen functional groups attached to an aromatic ring is 1. The van der Waals surface area contributed by atoms with Crippen LogP contribution in [0.3, 0.4) is 0 Å². The minimum absolute atomic E-state index is 0.0262. The molecule has 0 aliphatic heterocycles. The lowest BCUT2D eigenvalue weighted by molar-refractivity contribution is -0.113. The molecule has 0 saturated heterocycles. The summed E-state index contributed by atoms with van der Waals surface area (Å²) in [6.07, 6.45) is 1.13. The van der Waals surface area contributed by atoms with Crippen molar-refractivity contribution in [1.82, 2.24) is 9.97 Å². The van der Waals surface area contributed by atoms with Gasteiger partial charge >= 0.3 is 0 Å². The van der Waals surface area contributed by atoms with Crippen molar-refractivity contribution in [2.45, 2.75) is 14.9 Å². The molecule has 0 saturated carbocycles. The van der Waals surface area contributed by atoms with Crippen LogP contribution in [0.15, 0.2) is 75.7 Å². The number of benzene rings is 2. The number of carbonyl (C=O) groups excluding carboxylic acids is 1. The Kier molecular flexibility index (Phi) is 5.90. The van der Waals surface area contributed by atoms with E-state index in [-0.39, 0.29) is 32.4 Å². The summed E-state index contributed by atoms with van der Waals surface area (Å²) in [6.45, 7) is 0. The van der Waals surface area contributed by atoms with Crippen molar-refractivity contribution in [2.24, 2.45) is 0 Å².